The van der Waals surface area contributed by atoms with Gasteiger partial charge in [-0.15, -0.1) is 0 Å². The van der Waals surface area contributed by atoms with E-state index in [1.165, 1.54) is 0 Å². The van der Waals surface area contributed by atoms with E-state index in [4.69, 9.17) is 9.47 Å². The fourth-order valence-corrected chi connectivity index (χ4v) is 3.68. The van der Waals surface area contributed by atoms with Crippen molar-refractivity contribution in [3.05, 3.63) is 18.2 Å². The van der Waals surface area contributed by atoms with Crippen molar-refractivity contribution in [2.75, 3.05) is 32.2 Å². The van der Waals surface area contributed by atoms with Crippen LogP contribution in [0.2, 0.25) is 0 Å². The summed E-state index contributed by atoms with van der Waals surface area (Å²) < 4.78 is 10.6. The lowest BCUT2D eigenvalue weighted by Crippen LogP contribution is -2.47. The van der Waals surface area contributed by atoms with E-state index in [1.54, 1.807) is 37.3 Å². The molecule has 1 aromatic rings. The van der Waals surface area contributed by atoms with E-state index >= 15 is 0 Å². The van der Waals surface area contributed by atoms with Gasteiger partial charge in [-0.2, -0.15) is 0 Å². The smallest absolute Gasteiger partial charge is 0.249 e. The Kier molecular flexibility index (Phi) is 5.66. The first kappa shape index (κ1) is 18.5. The average Bonchev–Trinajstić information content (AvgIpc) is 3.01. The van der Waals surface area contributed by atoms with Gasteiger partial charge < -0.3 is 25.0 Å². The Labute approximate surface area is 154 Å². The number of carbonyl (C=O) groups excluding carboxylic acids is 2. The number of carbonyl (C=O) groups is 2. The van der Waals surface area contributed by atoms with Crippen LogP contribution < -0.4 is 25.0 Å². The Bertz CT molecular complexity index is 656. The lowest BCUT2D eigenvalue weighted by atomic mass is 9.92. The normalized spacial score (nSPS) is 25.9. The number of anilines is 1. The summed E-state index contributed by atoms with van der Waals surface area (Å²) in [4.78, 5) is 27.0. The number of rotatable bonds is 5. The second-order valence-corrected chi connectivity index (χ2v) is 6.99. The van der Waals surface area contributed by atoms with Gasteiger partial charge in [0.05, 0.1) is 19.9 Å². The van der Waals surface area contributed by atoms with Crippen LogP contribution in [0.1, 0.15) is 26.2 Å². The summed E-state index contributed by atoms with van der Waals surface area (Å²) in [5.41, 5.74) is 0.721. The van der Waals surface area contributed by atoms with E-state index in [2.05, 4.69) is 17.6 Å². The third kappa shape index (κ3) is 3.93. The lowest BCUT2D eigenvalue weighted by molar-refractivity contribution is -0.130. The number of nitrogens with zero attached hydrogens (tertiary/aromatic N) is 1. The van der Waals surface area contributed by atoms with Gasteiger partial charge in [0.1, 0.15) is 17.5 Å². The standard InChI is InChI=1S/C19H27N3O4/c1-12-8-13(4-6-20-12)18(23)21-17-5-7-22(19(17)24)14-9-15(25-2)11-16(10-14)26-3/h9-13,17,20H,4-8H2,1-3H3,(H,21,23)/t12-,13-,17?/m0/s1. The molecule has 1 aromatic carbocycles. The molecule has 0 aromatic heterocycles. The fraction of sp³-hybridized carbons (Fsp3) is 0.579. The van der Waals surface area contributed by atoms with Crippen LogP contribution in [0.5, 0.6) is 11.5 Å². The highest BCUT2D eigenvalue weighted by Crippen LogP contribution is 2.31. The van der Waals surface area contributed by atoms with Gasteiger partial charge >= 0.3 is 0 Å². The quantitative estimate of drug-likeness (QED) is 0.827. The monoisotopic (exact) mass is 361 g/mol. The maximum Gasteiger partial charge on any atom is 0.249 e. The van der Waals surface area contributed by atoms with Crippen LogP contribution in [0.25, 0.3) is 0 Å². The maximum atomic E-state index is 12.8. The lowest BCUT2D eigenvalue weighted by Gasteiger charge is -2.28. The molecule has 0 spiro atoms. The predicted octanol–water partition coefficient (Wildman–Crippen LogP) is 1.31. The topological polar surface area (TPSA) is 79.9 Å². The zero-order chi connectivity index (χ0) is 18.7. The summed E-state index contributed by atoms with van der Waals surface area (Å²) in [6.07, 6.45) is 2.22. The zero-order valence-electron chi connectivity index (χ0n) is 15.6. The van der Waals surface area contributed by atoms with E-state index in [0.717, 1.165) is 25.1 Å². The van der Waals surface area contributed by atoms with Crippen LogP contribution in [0, 0.1) is 5.92 Å². The molecule has 0 radical (unpaired) electrons. The van der Waals surface area contributed by atoms with Crippen LogP contribution in [0.4, 0.5) is 5.69 Å². The third-order valence-electron chi connectivity index (χ3n) is 5.16. The minimum atomic E-state index is -0.468. The van der Waals surface area contributed by atoms with Crippen molar-refractivity contribution in [2.24, 2.45) is 5.92 Å². The van der Waals surface area contributed by atoms with Crippen molar-refractivity contribution in [1.29, 1.82) is 0 Å². The van der Waals surface area contributed by atoms with Gasteiger partial charge in [0, 0.05) is 36.7 Å². The largest absolute Gasteiger partial charge is 0.497 e. The summed E-state index contributed by atoms with van der Waals surface area (Å²) in [7, 11) is 3.15. The first-order valence-corrected chi connectivity index (χ1v) is 9.10. The Morgan fingerprint density at radius 2 is 1.88 bits per heavy atom. The fourth-order valence-electron chi connectivity index (χ4n) is 3.68. The molecule has 3 rings (SSSR count). The van der Waals surface area contributed by atoms with E-state index in [1.807, 2.05) is 0 Å². The molecule has 0 saturated carbocycles. The van der Waals surface area contributed by atoms with Crippen molar-refractivity contribution in [1.82, 2.24) is 10.6 Å². The number of nitrogens with one attached hydrogen (secondary N) is 2. The third-order valence-corrected chi connectivity index (χ3v) is 5.16. The molecule has 26 heavy (non-hydrogen) atoms. The summed E-state index contributed by atoms with van der Waals surface area (Å²) in [6.45, 7) is 3.48. The number of benzene rings is 1. The van der Waals surface area contributed by atoms with E-state index in [-0.39, 0.29) is 17.7 Å². The van der Waals surface area contributed by atoms with E-state index < -0.39 is 6.04 Å². The first-order valence-electron chi connectivity index (χ1n) is 9.10. The number of piperidine rings is 1. The van der Waals surface area contributed by atoms with Gasteiger partial charge in [0.15, 0.2) is 0 Å². The predicted molar refractivity (Wildman–Crippen MR) is 98.6 cm³/mol. The van der Waals surface area contributed by atoms with Crippen molar-refractivity contribution < 1.29 is 19.1 Å². The van der Waals surface area contributed by atoms with Gasteiger partial charge in [-0.1, -0.05) is 0 Å². The van der Waals surface area contributed by atoms with Gasteiger partial charge in [0.25, 0.3) is 0 Å². The molecule has 2 fully saturated rings. The second-order valence-electron chi connectivity index (χ2n) is 6.99. The summed E-state index contributed by atoms with van der Waals surface area (Å²) in [6, 6.07) is 5.24. The Balaban J connectivity index is 1.67. The summed E-state index contributed by atoms with van der Waals surface area (Å²) in [5, 5.41) is 6.30. The van der Waals surface area contributed by atoms with Gasteiger partial charge in [-0.25, -0.2) is 0 Å². The highest BCUT2D eigenvalue weighted by Gasteiger charge is 2.36. The van der Waals surface area contributed by atoms with Crippen molar-refractivity contribution in [3.63, 3.8) is 0 Å². The van der Waals surface area contributed by atoms with Gasteiger partial charge in [-0.05, 0) is 32.7 Å². The highest BCUT2D eigenvalue weighted by atomic mass is 16.5. The van der Waals surface area contributed by atoms with Crippen molar-refractivity contribution in [3.8, 4) is 11.5 Å². The van der Waals surface area contributed by atoms with Crippen molar-refractivity contribution >= 4 is 17.5 Å². The number of hydrogen-bond donors (Lipinski definition) is 2. The molecule has 142 valence electrons. The molecule has 2 amide bonds. The molecule has 2 heterocycles. The highest BCUT2D eigenvalue weighted by molar-refractivity contribution is 6.01. The minimum absolute atomic E-state index is 0.0122. The molecular formula is C19H27N3O4. The maximum absolute atomic E-state index is 12.8. The Hall–Kier alpha value is -2.28. The van der Waals surface area contributed by atoms with Crippen molar-refractivity contribution in [2.45, 2.75) is 38.3 Å². The molecule has 2 aliphatic heterocycles. The molecule has 0 aliphatic carbocycles. The number of hydrogen-bond acceptors (Lipinski definition) is 5. The number of methoxy groups -OCH3 is 2. The second kappa shape index (κ2) is 7.95. The molecule has 7 nitrogen and oxygen atoms in total. The van der Waals surface area contributed by atoms with E-state index in [9.17, 15) is 9.59 Å². The average molecular weight is 361 g/mol. The Morgan fingerprint density at radius 1 is 1.19 bits per heavy atom. The van der Waals surface area contributed by atoms with Crippen LogP contribution in [-0.2, 0) is 9.59 Å². The van der Waals surface area contributed by atoms with Gasteiger partial charge in [-0.3, -0.25) is 9.59 Å². The Morgan fingerprint density at radius 3 is 2.50 bits per heavy atom. The molecule has 2 aliphatic rings. The van der Waals surface area contributed by atoms with E-state index in [0.29, 0.717) is 30.5 Å². The molecular weight excluding hydrogens is 334 g/mol. The number of ether oxygens (including phenoxy) is 2. The molecule has 2 saturated heterocycles. The number of amides is 2. The molecule has 1 unspecified atom stereocenters. The van der Waals surface area contributed by atoms with Crippen LogP contribution in [-0.4, -0.2) is 51.2 Å². The zero-order valence-corrected chi connectivity index (χ0v) is 15.6. The summed E-state index contributed by atoms with van der Waals surface area (Å²) in [5.74, 6) is 1.13. The summed E-state index contributed by atoms with van der Waals surface area (Å²) >= 11 is 0. The van der Waals surface area contributed by atoms with Crippen LogP contribution in [0.15, 0.2) is 18.2 Å². The molecule has 2 N–H and O–H groups in total. The minimum Gasteiger partial charge on any atom is -0.497 e. The van der Waals surface area contributed by atoms with Crippen LogP contribution in [0.3, 0.4) is 0 Å². The SMILES string of the molecule is COc1cc(OC)cc(N2CCC(NC(=O)[C@H]3CCN[C@@H](C)C3)C2=O)c1. The van der Waals surface area contributed by atoms with Crippen LogP contribution >= 0.6 is 0 Å². The van der Waals surface area contributed by atoms with Gasteiger partial charge in [0.2, 0.25) is 11.8 Å². The molecule has 7 heteroatoms. The molecule has 0 bridgehead atoms. The molecule has 3 atom stereocenters. The first-order chi connectivity index (χ1) is 12.5.